The van der Waals surface area contributed by atoms with Gasteiger partial charge in [-0.25, -0.2) is 4.79 Å². The van der Waals surface area contributed by atoms with E-state index in [1.165, 1.54) is 31.4 Å². The number of rotatable bonds is 8. The highest BCUT2D eigenvalue weighted by atomic mass is 16.5. The minimum atomic E-state index is -1.64. The Morgan fingerprint density at radius 3 is 2.00 bits per heavy atom. The number of carbonyl (C=O) groups is 4. The fraction of sp³-hybridized carbons (Fsp3) is 0.304. The highest BCUT2D eigenvalue weighted by molar-refractivity contribution is 6.22. The van der Waals surface area contributed by atoms with Crippen molar-refractivity contribution < 1.29 is 33.8 Å². The molecule has 32 heavy (non-hydrogen) atoms. The van der Waals surface area contributed by atoms with E-state index < -0.39 is 48.3 Å². The van der Waals surface area contributed by atoms with E-state index in [9.17, 15) is 24.3 Å². The molecule has 2 aromatic rings. The lowest BCUT2D eigenvalue weighted by Crippen LogP contribution is -2.53. The molecule has 3 rings (SSSR count). The summed E-state index contributed by atoms with van der Waals surface area (Å²) in [5.74, 6) is -2.36. The Labute approximate surface area is 184 Å². The third-order valence-electron chi connectivity index (χ3n) is 5.02. The Morgan fingerprint density at radius 2 is 1.50 bits per heavy atom. The van der Waals surface area contributed by atoms with Crippen molar-refractivity contribution in [2.45, 2.75) is 26.0 Å². The van der Waals surface area contributed by atoms with Crippen LogP contribution in [0, 0.1) is 5.92 Å². The van der Waals surface area contributed by atoms with Crippen LogP contribution in [0.5, 0.6) is 11.5 Å². The molecule has 0 bridgehead atoms. The van der Waals surface area contributed by atoms with Crippen molar-refractivity contribution in [1.29, 1.82) is 0 Å². The van der Waals surface area contributed by atoms with Crippen LogP contribution >= 0.6 is 0 Å². The normalized spacial score (nSPS) is 14.7. The molecule has 1 aliphatic heterocycles. The number of aliphatic hydroxyl groups is 1. The van der Waals surface area contributed by atoms with Crippen molar-refractivity contribution in [2.24, 2.45) is 5.92 Å². The molecule has 0 aliphatic carbocycles. The SMILES string of the molecule is COc1ccc(OC(=O)[C@H](O)CNC(=O)[C@H](C(C)C)N2C(=O)c3ccccc3C2=O)cc1. The van der Waals surface area contributed by atoms with Crippen LogP contribution in [0.2, 0.25) is 0 Å². The topological polar surface area (TPSA) is 122 Å². The van der Waals surface area contributed by atoms with Crippen molar-refractivity contribution in [2.75, 3.05) is 13.7 Å². The number of amides is 3. The summed E-state index contributed by atoms with van der Waals surface area (Å²) in [6, 6.07) is 11.4. The number of esters is 1. The summed E-state index contributed by atoms with van der Waals surface area (Å²) in [6.45, 7) is 2.95. The number of methoxy groups -OCH3 is 1. The van der Waals surface area contributed by atoms with Gasteiger partial charge in [-0.3, -0.25) is 19.3 Å². The first kappa shape index (κ1) is 23.0. The van der Waals surface area contributed by atoms with Gasteiger partial charge in [0.05, 0.1) is 24.8 Å². The van der Waals surface area contributed by atoms with Crippen LogP contribution in [-0.2, 0) is 9.59 Å². The first-order valence-corrected chi connectivity index (χ1v) is 10.0. The molecule has 2 aromatic carbocycles. The first-order chi connectivity index (χ1) is 15.2. The van der Waals surface area contributed by atoms with Crippen molar-refractivity contribution in [3.05, 3.63) is 59.7 Å². The summed E-state index contributed by atoms with van der Waals surface area (Å²) in [6.07, 6.45) is -1.64. The van der Waals surface area contributed by atoms with Gasteiger partial charge in [0, 0.05) is 0 Å². The highest BCUT2D eigenvalue weighted by Gasteiger charge is 2.44. The molecular formula is C23H24N2O7. The van der Waals surface area contributed by atoms with Gasteiger partial charge in [-0.1, -0.05) is 26.0 Å². The summed E-state index contributed by atoms with van der Waals surface area (Å²) < 4.78 is 10.1. The zero-order chi connectivity index (χ0) is 23.4. The molecule has 0 spiro atoms. The fourth-order valence-corrected chi connectivity index (χ4v) is 3.39. The van der Waals surface area contributed by atoms with Crippen LogP contribution in [0.25, 0.3) is 0 Å². The van der Waals surface area contributed by atoms with Gasteiger partial charge < -0.3 is 19.9 Å². The zero-order valence-corrected chi connectivity index (χ0v) is 17.9. The molecule has 168 valence electrons. The molecule has 0 saturated heterocycles. The van der Waals surface area contributed by atoms with E-state index in [1.807, 2.05) is 0 Å². The van der Waals surface area contributed by atoms with Gasteiger partial charge in [-0.2, -0.15) is 0 Å². The number of hydrogen-bond acceptors (Lipinski definition) is 7. The molecule has 3 amide bonds. The van der Waals surface area contributed by atoms with E-state index >= 15 is 0 Å². The first-order valence-electron chi connectivity index (χ1n) is 10.0. The molecule has 1 aliphatic rings. The van der Waals surface area contributed by atoms with Crippen molar-refractivity contribution >= 4 is 23.7 Å². The third-order valence-corrected chi connectivity index (χ3v) is 5.02. The van der Waals surface area contributed by atoms with Gasteiger partial charge in [0.15, 0.2) is 6.10 Å². The second-order valence-electron chi connectivity index (χ2n) is 7.57. The molecular weight excluding hydrogens is 416 g/mol. The number of aliphatic hydroxyl groups excluding tert-OH is 1. The van der Waals surface area contributed by atoms with Crippen LogP contribution in [0.3, 0.4) is 0 Å². The lowest BCUT2D eigenvalue weighted by atomic mass is 10.0. The fourth-order valence-electron chi connectivity index (χ4n) is 3.39. The smallest absolute Gasteiger partial charge is 0.342 e. The van der Waals surface area contributed by atoms with E-state index in [0.717, 1.165) is 4.90 Å². The minimum Gasteiger partial charge on any atom is -0.497 e. The van der Waals surface area contributed by atoms with E-state index in [-0.39, 0.29) is 16.9 Å². The summed E-state index contributed by atoms with van der Waals surface area (Å²) in [7, 11) is 1.50. The number of nitrogens with zero attached hydrogens (tertiary/aromatic N) is 1. The Kier molecular flexibility index (Phi) is 6.89. The van der Waals surface area contributed by atoms with Crippen molar-refractivity contribution in [3.63, 3.8) is 0 Å². The van der Waals surface area contributed by atoms with E-state index in [4.69, 9.17) is 9.47 Å². The predicted octanol–water partition coefficient (Wildman–Crippen LogP) is 1.40. The van der Waals surface area contributed by atoms with Crippen LogP contribution in [0.4, 0.5) is 0 Å². The minimum absolute atomic E-state index is 0.201. The molecule has 0 saturated carbocycles. The summed E-state index contributed by atoms with van der Waals surface area (Å²) >= 11 is 0. The Hall–Kier alpha value is -3.72. The van der Waals surface area contributed by atoms with Crippen molar-refractivity contribution in [3.8, 4) is 11.5 Å². The molecule has 0 fully saturated rings. The van der Waals surface area contributed by atoms with E-state index in [2.05, 4.69) is 5.32 Å². The molecule has 2 N–H and O–H groups in total. The maximum absolute atomic E-state index is 12.8. The summed E-state index contributed by atoms with van der Waals surface area (Å²) in [5.41, 5.74) is 0.470. The second kappa shape index (κ2) is 9.61. The van der Waals surface area contributed by atoms with Crippen molar-refractivity contribution in [1.82, 2.24) is 10.2 Å². The molecule has 0 unspecified atom stereocenters. The highest BCUT2D eigenvalue weighted by Crippen LogP contribution is 2.27. The van der Waals surface area contributed by atoms with E-state index in [0.29, 0.717) is 5.75 Å². The second-order valence-corrected chi connectivity index (χ2v) is 7.57. The number of ether oxygens (including phenoxy) is 2. The quantitative estimate of drug-likeness (QED) is 0.361. The summed E-state index contributed by atoms with van der Waals surface area (Å²) in [4.78, 5) is 51.4. The molecule has 2 atom stereocenters. The van der Waals surface area contributed by atoms with Gasteiger partial charge >= 0.3 is 5.97 Å². The number of imide groups is 1. The zero-order valence-electron chi connectivity index (χ0n) is 17.9. The van der Waals surface area contributed by atoms with Gasteiger partial charge in [0.1, 0.15) is 17.5 Å². The Bertz CT molecular complexity index is 998. The summed E-state index contributed by atoms with van der Waals surface area (Å²) in [5, 5.41) is 12.5. The lowest BCUT2D eigenvalue weighted by molar-refractivity contribution is -0.143. The van der Waals surface area contributed by atoms with Crippen LogP contribution in [-0.4, -0.2) is 59.5 Å². The predicted molar refractivity (Wildman–Crippen MR) is 113 cm³/mol. The molecule has 0 radical (unpaired) electrons. The average Bonchev–Trinajstić information content (AvgIpc) is 3.03. The van der Waals surface area contributed by atoms with Gasteiger partial charge in [0.2, 0.25) is 5.91 Å². The lowest BCUT2D eigenvalue weighted by Gasteiger charge is -2.28. The number of hydrogen-bond donors (Lipinski definition) is 2. The molecule has 9 nitrogen and oxygen atoms in total. The standard InChI is InChI=1S/C23H24N2O7/c1-13(2)19(25-21(28)16-6-4-5-7-17(16)22(25)29)20(27)24-12-18(26)23(30)32-15-10-8-14(31-3)9-11-15/h4-11,13,18-19,26H,12H2,1-3H3,(H,24,27)/t18-,19+/m1/s1. The van der Waals surface area contributed by atoms with Gasteiger partial charge in [-0.05, 0) is 42.3 Å². The number of benzene rings is 2. The monoisotopic (exact) mass is 440 g/mol. The maximum atomic E-state index is 12.8. The Balaban J connectivity index is 1.63. The third kappa shape index (κ3) is 4.62. The van der Waals surface area contributed by atoms with E-state index in [1.54, 1.807) is 38.1 Å². The number of fused-ring (bicyclic) bond motifs is 1. The van der Waals surface area contributed by atoms with Gasteiger partial charge in [0.25, 0.3) is 11.8 Å². The van der Waals surface area contributed by atoms with Crippen LogP contribution < -0.4 is 14.8 Å². The molecule has 9 heteroatoms. The van der Waals surface area contributed by atoms with Crippen LogP contribution in [0.15, 0.2) is 48.5 Å². The Morgan fingerprint density at radius 1 is 0.969 bits per heavy atom. The number of nitrogens with one attached hydrogen (secondary N) is 1. The van der Waals surface area contributed by atoms with Gasteiger partial charge in [-0.15, -0.1) is 0 Å². The average molecular weight is 440 g/mol. The maximum Gasteiger partial charge on any atom is 0.342 e. The molecule has 0 aromatic heterocycles. The largest absolute Gasteiger partial charge is 0.497 e. The number of carbonyl (C=O) groups excluding carboxylic acids is 4. The van der Waals surface area contributed by atoms with Crippen LogP contribution in [0.1, 0.15) is 34.6 Å². The molecule has 1 heterocycles.